The first-order valence-electron chi connectivity index (χ1n) is 6.47. The van der Waals surface area contributed by atoms with Gasteiger partial charge < -0.3 is 10.1 Å². The topological polar surface area (TPSA) is 38.3 Å². The first-order chi connectivity index (χ1) is 11.3. The monoisotopic (exact) mass is 379 g/mol. The van der Waals surface area contributed by atoms with Crippen molar-refractivity contribution in [3.63, 3.8) is 0 Å². The van der Waals surface area contributed by atoms with Crippen LogP contribution < -0.4 is 10.1 Å². The number of carbonyl (C=O) groups is 1. The minimum absolute atomic E-state index is 0.0923. The zero-order valence-electron chi connectivity index (χ0n) is 11.9. The highest BCUT2D eigenvalue weighted by Crippen LogP contribution is 2.29. The van der Waals surface area contributed by atoms with Gasteiger partial charge in [-0.3, -0.25) is 4.79 Å². The highest BCUT2D eigenvalue weighted by Gasteiger charge is 2.11. The Labute approximate surface area is 143 Å². The van der Waals surface area contributed by atoms with Crippen molar-refractivity contribution in [3.05, 3.63) is 53.1 Å². The van der Waals surface area contributed by atoms with Crippen LogP contribution in [0.25, 0.3) is 0 Å². The van der Waals surface area contributed by atoms with E-state index >= 15 is 0 Å². The minimum Gasteiger partial charge on any atom is -0.433 e. The summed E-state index contributed by atoms with van der Waals surface area (Å²) < 4.78 is 54.7. The summed E-state index contributed by atoms with van der Waals surface area (Å²) >= 11 is 6.65. The standard InChI is InChI=1S/C15H10ClF4NO2S/c16-10-6-9(2-3-12(10)23-15(19)20)21-14(22)7-24-13-4-1-8(17)5-11(13)18/h1-6,15H,7H2,(H,21,22). The molecule has 0 bridgehead atoms. The molecular weight excluding hydrogens is 370 g/mol. The molecular formula is C15H10ClF4NO2S. The normalized spacial score (nSPS) is 10.8. The number of rotatable bonds is 6. The van der Waals surface area contributed by atoms with Gasteiger partial charge in [-0.25, -0.2) is 8.78 Å². The van der Waals surface area contributed by atoms with Crippen LogP contribution in [-0.2, 0) is 4.79 Å². The number of carbonyl (C=O) groups excluding carboxylic acids is 1. The number of nitrogens with one attached hydrogen (secondary N) is 1. The largest absolute Gasteiger partial charge is 0.433 e. The van der Waals surface area contributed by atoms with Gasteiger partial charge in [0.1, 0.15) is 17.4 Å². The van der Waals surface area contributed by atoms with Gasteiger partial charge in [0.15, 0.2) is 0 Å². The molecule has 0 radical (unpaired) electrons. The van der Waals surface area contributed by atoms with Gasteiger partial charge in [-0.15, -0.1) is 11.8 Å². The van der Waals surface area contributed by atoms with Crippen LogP contribution in [-0.4, -0.2) is 18.3 Å². The lowest BCUT2D eigenvalue weighted by molar-refractivity contribution is -0.113. The van der Waals surface area contributed by atoms with Crippen LogP contribution in [0.5, 0.6) is 5.75 Å². The Morgan fingerprint density at radius 2 is 1.96 bits per heavy atom. The zero-order valence-corrected chi connectivity index (χ0v) is 13.4. The lowest BCUT2D eigenvalue weighted by Gasteiger charge is -2.09. The average molecular weight is 380 g/mol. The Morgan fingerprint density at radius 1 is 1.21 bits per heavy atom. The number of anilines is 1. The maximum Gasteiger partial charge on any atom is 0.387 e. The van der Waals surface area contributed by atoms with Gasteiger partial charge in [-0.1, -0.05) is 11.6 Å². The summed E-state index contributed by atoms with van der Waals surface area (Å²) in [5.74, 6) is -2.28. The summed E-state index contributed by atoms with van der Waals surface area (Å²) in [5, 5.41) is 2.39. The van der Waals surface area contributed by atoms with E-state index in [2.05, 4.69) is 10.1 Å². The van der Waals surface area contributed by atoms with Crippen molar-refractivity contribution >= 4 is 35.0 Å². The molecule has 0 aliphatic carbocycles. The van der Waals surface area contributed by atoms with Crippen molar-refractivity contribution < 1.29 is 27.1 Å². The molecule has 0 aliphatic rings. The summed E-state index contributed by atoms with van der Waals surface area (Å²) in [6, 6.07) is 6.82. The second kappa shape index (κ2) is 8.25. The molecule has 0 aliphatic heterocycles. The molecule has 1 amide bonds. The molecule has 1 N–H and O–H groups in total. The molecule has 2 aromatic carbocycles. The Balaban J connectivity index is 1.93. The quantitative estimate of drug-likeness (QED) is 0.570. The predicted molar refractivity (Wildman–Crippen MR) is 83.8 cm³/mol. The first-order valence-corrected chi connectivity index (χ1v) is 7.83. The number of hydrogen-bond donors (Lipinski definition) is 1. The third kappa shape index (κ3) is 5.31. The maximum atomic E-state index is 13.4. The molecule has 0 aromatic heterocycles. The van der Waals surface area contributed by atoms with Gasteiger partial charge in [-0.2, -0.15) is 8.78 Å². The second-order valence-corrected chi connectivity index (χ2v) is 5.86. The fourth-order valence-electron chi connectivity index (χ4n) is 1.70. The van der Waals surface area contributed by atoms with Crippen molar-refractivity contribution in [3.8, 4) is 5.75 Å². The second-order valence-electron chi connectivity index (χ2n) is 4.44. The third-order valence-electron chi connectivity index (χ3n) is 2.68. The molecule has 24 heavy (non-hydrogen) atoms. The van der Waals surface area contributed by atoms with E-state index in [1.165, 1.54) is 24.3 Å². The number of ether oxygens (including phenoxy) is 1. The molecule has 0 saturated heterocycles. The summed E-state index contributed by atoms with van der Waals surface area (Å²) in [6.07, 6.45) is 0. The SMILES string of the molecule is O=C(CSc1ccc(F)cc1F)Nc1ccc(OC(F)F)c(Cl)c1. The van der Waals surface area contributed by atoms with Crippen molar-refractivity contribution in [2.75, 3.05) is 11.1 Å². The van der Waals surface area contributed by atoms with Gasteiger partial charge in [0.05, 0.1) is 10.8 Å². The van der Waals surface area contributed by atoms with Crippen LogP contribution in [0.4, 0.5) is 23.2 Å². The van der Waals surface area contributed by atoms with Crippen molar-refractivity contribution in [1.29, 1.82) is 0 Å². The van der Waals surface area contributed by atoms with E-state index in [1.807, 2.05) is 0 Å². The fourth-order valence-corrected chi connectivity index (χ4v) is 2.65. The smallest absolute Gasteiger partial charge is 0.387 e. The predicted octanol–water partition coefficient (Wildman–Crippen LogP) is 4.95. The number of halogens is 5. The number of alkyl halides is 2. The summed E-state index contributed by atoms with van der Waals surface area (Å²) in [7, 11) is 0. The Bertz CT molecular complexity index is 745. The van der Waals surface area contributed by atoms with Crippen LogP contribution in [0.2, 0.25) is 5.02 Å². The van der Waals surface area contributed by atoms with E-state index < -0.39 is 24.2 Å². The molecule has 0 fully saturated rings. The van der Waals surface area contributed by atoms with Crippen molar-refractivity contribution in [2.45, 2.75) is 11.5 Å². The number of benzene rings is 2. The van der Waals surface area contributed by atoms with Crippen molar-refractivity contribution in [1.82, 2.24) is 0 Å². The van der Waals surface area contributed by atoms with Crippen LogP contribution in [0.1, 0.15) is 0 Å². The molecule has 0 spiro atoms. The molecule has 0 saturated carbocycles. The van der Waals surface area contributed by atoms with Gasteiger partial charge in [-0.05, 0) is 30.3 Å². The van der Waals surface area contributed by atoms with E-state index in [0.29, 0.717) is 0 Å². The molecule has 3 nitrogen and oxygen atoms in total. The van der Waals surface area contributed by atoms with E-state index in [9.17, 15) is 22.4 Å². The summed E-state index contributed by atoms with van der Waals surface area (Å²) in [5.41, 5.74) is 0.270. The number of amides is 1. The molecule has 0 atom stereocenters. The molecule has 0 unspecified atom stereocenters. The number of hydrogen-bond acceptors (Lipinski definition) is 3. The van der Waals surface area contributed by atoms with Crippen molar-refractivity contribution in [2.24, 2.45) is 0 Å². The molecule has 2 rings (SSSR count). The lowest BCUT2D eigenvalue weighted by atomic mass is 10.3. The average Bonchev–Trinajstić information content (AvgIpc) is 2.49. The molecule has 2 aromatic rings. The maximum absolute atomic E-state index is 13.4. The Hall–Kier alpha value is -1.93. The van der Waals surface area contributed by atoms with E-state index in [1.54, 1.807) is 0 Å². The molecule has 128 valence electrons. The van der Waals surface area contributed by atoms with Gasteiger partial charge in [0, 0.05) is 16.6 Å². The molecule has 9 heteroatoms. The van der Waals surface area contributed by atoms with Crippen LogP contribution in [0.15, 0.2) is 41.3 Å². The highest BCUT2D eigenvalue weighted by molar-refractivity contribution is 8.00. The van der Waals surface area contributed by atoms with Gasteiger partial charge >= 0.3 is 6.61 Å². The Morgan fingerprint density at radius 3 is 2.58 bits per heavy atom. The molecule has 0 heterocycles. The van der Waals surface area contributed by atoms with Crippen LogP contribution in [0, 0.1) is 11.6 Å². The minimum atomic E-state index is -3.01. The van der Waals surface area contributed by atoms with Gasteiger partial charge in [0.25, 0.3) is 0 Å². The summed E-state index contributed by atoms with van der Waals surface area (Å²) in [4.78, 5) is 11.9. The first kappa shape index (κ1) is 18.4. The van der Waals surface area contributed by atoms with Crippen LogP contribution >= 0.6 is 23.4 Å². The number of thioether (sulfide) groups is 1. The third-order valence-corrected chi connectivity index (χ3v) is 4.03. The Kier molecular flexibility index (Phi) is 6.33. The van der Waals surface area contributed by atoms with Gasteiger partial charge in [0.2, 0.25) is 5.91 Å². The van der Waals surface area contributed by atoms with Crippen LogP contribution in [0.3, 0.4) is 0 Å². The lowest BCUT2D eigenvalue weighted by Crippen LogP contribution is -2.14. The zero-order chi connectivity index (χ0) is 17.7. The summed E-state index contributed by atoms with van der Waals surface area (Å²) in [6.45, 7) is -3.01. The van der Waals surface area contributed by atoms with E-state index in [-0.39, 0.29) is 27.1 Å². The highest BCUT2D eigenvalue weighted by atomic mass is 35.5. The van der Waals surface area contributed by atoms with E-state index in [0.717, 1.165) is 23.9 Å². The fraction of sp³-hybridized carbons (Fsp3) is 0.133. The van der Waals surface area contributed by atoms with E-state index in [4.69, 9.17) is 11.6 Å².